The first-order valence-electron chi connectivity index (χ1n) is 4.95. The Morgan fingerprint density at radius 3 is 2.46 bits per heavy atom. The summed E-state index contributed by atoms with van der Waals surface area (Å²) in [6.07, 6.45) is 0.684. The van der Waals surface area contributed by atoms with Gasteiger partial charge < -0.3 is 10.6 Å². The molecule has 0 aromatic heterocycles. The molecule has 0 aliphatic carbocycles. The van der Waals surface area contributed by atoms with Gasteiger partial charge >= 0.3 is 0 Å². The van der Waals surface area contributed by atoms with E-state index in [-0.39, 0.29) is 11.3 Å². The highest BCUT2D eigenvalue weighted by atomic mass is 16.1. The maximum atomic E-state index is 11.4. The van der Waals surface area contributed by atoms with Gasteiger partial charge in [-0.3, -0.25) is 4.79 Å². The first-order valence-corrected chi connectivity index (χ1v) is 4.95. The van der Waals surface area contributed by atoms with Crippen molar-refractivity contribution in [2.24, 2.45) is 11.3 Å². The van der Waals surface area contributed by atoms with E-state index >= 15 is 0 Å². The molecule has 0 aromatic rings. The zero-order valence-corrected chi connectivity index (χ0v) is 8.81. The fraction of sp³-hybridized carbons (Fsp3) is 0.900. The van der Waals surface area contributed by atoms with Gasteiger partial charge in [-0.05, 0) is 24.4 Å². The van der Waals surface area contributed by atoms with Gasteiger partial charge in [0.25, 0.3) is 0 Å². The van der Waals surface area contributed by atoms with E-state index in [1.165, 1.54) is 0 Å². The normalized spacial score (nSPS) is 18.1. The third-order valence-electron chi connectivity index (χ3n) is 2.16. The maximum Gasteiger partial charge on any atom is 0.220 e. The van der Waals surface area contributed by atoms with Crippen molar-refractivity contribution in [3.8, 4) is 0 Å². The van der Waals surface area contributed by atoms with Gasteiger partial charge in [-0.2, -0.15) is 0 Å². The monoisotopic (exact) mass is 184 g/mol. The van der Waals surface area contributed by atoms with Gasteiger partial charge in [-0.1, -0.05) is 20.8 Å². The van der Waals surface area contributed by atoms with E-state index in [0.717, 1.165) is 19.6 Å². The molecule has 0 spiro atoms. The smallest absolute Gasteiger partial charge is 0.220 e. The third kappa shape index (κ3) is 4.27. The molecule has 1 rings (SSSR count). The number of carbonyl (C=O) groups excluding carboxylic acids is 1. The van der Waals surface area contributed by atoms with Crippen LogP contribution in [0.15, 0.2) is 0 Å². The van der Waals surface area contributed by atoms with Gasteiger partial charge in [0.15, 0.2) is 0 Å². The van der Waals surface area contributed by atoms with Crippen molar-refractivity contribution >= 4 is 5.91 Å². The third-order valence-corrected chi connectivity index (χ3v) is 2.16. The van der Waals surface area contributed by atoms with Crippen LogP contribution in [0.4, 0.5) is 0 Å². The van der Waals surface area contributed by atoms with Gasteiger partial charge in [0.05, 0.1) is 0 Å². The lowest BCUT2D eigenvalue weighted by Crippen LogP contribution is -2.45. The second kappa shape index (κ2) is 4.09. The topological polar surface area (TPSA) is 41.1 Å². The molecule has 0 saturated carbocycles. The quantitative estimate of drug-likeness (QED) is 0.680. The van der Waals surface area contributed by atoms with E-state index in [1.54, 1.807) is 0 Å². The Kier molecular flexibility index (Phi) is 3.31. The van der Waals surface area contributed by atoms with Crippen LogP contribution in [0.3, 0.4) is 0 Å². The largest absolute Gasteiger partial charge is 0.356 e. The Morgan fingerprint density at radius 2 is 2.08 bits per heavy atom. The van der Waals surface area contributed by atoms with Crippen molar-refractivity contribution in [1.82, 2.24) is 10.6 Å². The molecule has 3 heteroatoms. The van der Waals surface area contributed by atoms with Gasteiger partial charge in [-0.25, -0.2) is 0 Å². The van der Waals surface area contributed by atoms with E-state index in [9.17, 15) is 4.79 Å². The summed E-state index contributed by atoms with van der Waals surface area (Å²) in [5, 5.41) is 6.11. The van der Waals surface area contributed by atoms with Crippen molar-refractivity contribution in [1.29, 1.82) is 0 Å². The van der Waals surface area contributed by atoms with E-state index in [2.05, 4.69) is 31.4 Å². The standard InChI is InChI=1S/C10H20N2O/c1-10(2,3)7-12-9(13)4-8-5-11-6-8/h8,11H,4-7H2,1-3H3,(H,12,13). The van der Waals surface area contributed by atoms with Crippen molar-refractivity contribution in [2.75, 3.05) is 19.6 Å². The summed E-state index contributed by atoms with van der Waals surface area (Å²) in [6, 6.07) is 0. The maximum absolute atomic E-state index is 11.4. The fourth-order valence-corrected chi connectivity index (χ4v) is 1.19. The summed E-state index contributed by atoms with van der Waals surface area (Å²) in [5.41, 5.74) is 0.188. The molecule has 1 aliphatic heterocycles. The summed E-state index contributed by atoms with van der Waals surface area (Å²) >= 11 is 0. The summed E-state index contributed by atoms with van der Waals surface area (Å²) < 4.78 is 0. The van der Waals surface area contributed by atoms with Crippen molar-refractivity contribution in [2.45, 2.75) is 27.2 Å². The van der Waals surface area contributed by atoms with Gasteiger partial charge in [0, 0.05) is 13.0 Å². The Hall–Kier alpha value is -0.570. The summed E-state index contributed by atoms with van der Waals surface area (Å²) in [5.74, 6) is 0.765. The number of hydrogen-bond acceptors (Lipinski definition) is 2. The molecule has 1 saturated heterocycles. The molecular weight excluding hydrogens is 164 g/mol. The minimum absolute atomic E-state index is 0.188. The highest BCUT2D eigenvalue weighted by Crippen LogP contribution is 2.11. The molecule has 0 radical (unpaired) electrons. The molecular formula is C10H20N2O. The van der Waals surface area contributed by atoms with E-state index in [4.69, 9.17) is 0 Å². The van der Waals surface area contributed by atoms with E-state index in [1.807, 2.05) is 0 Å². The molecule has 1 aliphatic rings. The molecule has 3 nitrogen and oxygen atoms in total. The molecule has 13 heavy (non-hydrogen) atoms. The average Bonchev–Trinajstić information content (AvgIpc) is 1.91. The van der Waals surface area contributed by atoms with Crippen LogP contribution in [-0.2, 0) is 4.79 Å². The lowest BCUT2D eigenvalue weighted by atomic mass is 9.96. The van der Waals surface area contributed by atoms with E-state index in [0.29, 0.717) is 12.3 Å². The van der Waals surface area contributed by atoms with Crippen molar-refractivity contribution in [3.63, 3.8) is 0 Å². The number of carbonyl (C=O) groups is 1. The van der Waals surface area contributed by atoms with Crippen LogP contribution < -0.4 is 10.6 Å². The highest BCUT2D eigenvalue weighted by Gasteiger charge is 2.20. The van der Waals surface area contributed by atoms with Crippen molar-refractivity contribution in [3.05, 3.63) is 0 Å². The molecule has 1 heterocycles. The highest BCUT2D eigenvalue weighted by molar-refractivity contribution is 5.76. The first kappa shape index (κ1) is 10.5. The number of amides is 1. The summed E-state index contributed by atoms with van der Waals surface area (Å²) in [7, 11) is 0. The van der Waals surface area contributed by atoms with Crippen LogP contribution in [0.25, 0.3) is 0 Å². The minimum atomic E-state index is 0.188. The van der Waals surface area contributed by atoms with Crippen molar-refractivity contribution < 1.29 is 4.79 Å². The van der Waals surface area contributed by atoms with Crippen LogP contribution in [-0.4, -0.2) is 25.5 Å². The molecule has 0 bridgehead atoms. The van der Waals surface area contributed by atoms with Crippen LogP contribution in [0.1, 0.15) is 27.2 Å². The molecule has 1 fully saturated rings. The molecule has 0 aromatic carbocycles. The molecule has 0 atom stereocenters. The van der Waals surface area contributed by atoms with Crippen LogP contribution in [0.5, 0.6) is 0 Å². The molecule has 1 amide bonds. The summed E-state index contributed by atoms with van der Waals surface area (Å²) in [6.45, 7) is 9.15. The Morgan fingerprint density at radius 1 is 1.46 bits per heavy atom. The zero-order chi connectivity index (χ0) is 9.90. The fourth-order valence-electron chi connectivity index (χ4n) is 1.19. The Bertz CT molecular complexity index is 180. The molecule has 2 N–H and O–H groups in total. The van der Waals surface area contributed by atoms with Gasteiger partial charge in [-0.15, -0.1) is 0 Å². The average molecular weight is 184 g/mol. The zero-order valence-electron chi connectivity index (χ0n) is 8.81. The van der Waals surface area contributed by atoms with Crippen LogP contribution in [0.2, 0.25) is 0 Å². The Labute approximate surface area is 80.3 Å². The number of hydrogen-bond donors (Lipinski definition) is 2. The lowest BCUT2D eigenvalue weighted by molar-refractivity contribution is -0.122. The van der Waals surface area contributed by atoms with Crippen LogP contribution in [0, 0.1) is 11.3 Å². The lowest BCUT2D eigenvalue weighted by Gasteiger charge is -2.27. The first-order chi connectivity index (χ1) is 5.97. The van der Waals surface area contributed by atoms with E-state index < -0.39 is 0 Å². The molecule has 0 unspecified atom stereocenters. The van der Waals surface area contributed by atoms with Crippen LogP contribution >= 0.6 is 0 Å². The van der Waals surface area contributed by atoms with Gasteiger partial charge in [0.2, 0.25) is 5.91 Å². The minimum Gasteiger partial charge on any atom is -0.356 e. The second-order valence-corrected chi connectivity index (χ2v) is 5.07. The number of rotatable bonds is 3. The number of nitrogens with one attached hydrogen (secondary N) is 2. The Balaban J connectivity index is 2.10. The second-order valence-electron chi connectivity index (χ2n) is 5.07. The molecule has 76 valence electrons. The SMILES string of the molecule is CC(C)(C)CNC(=O)CC1CNC1. The predicted molar refractivity (Wildman–Crippen MR) is 53.4 cm³/mol. The predicted octanol–water partition coefficient (Wildman–Crippen LogP) is 0.758. The summed E-state index contributed by atoms with van der Waals surface area (Å²) in [4.78, 5) is 11.4. The van der Waals surface area contributed by atoms with Gasteiger partial charge in [0.1, 0.15) is 0 Å².